The molecule has 0 aromatic carbocycles. The van der Waals surface area contributed by atoms with Crippen molar-refractivity contribution in [2.24, 2.45) is 0 Å². The molecule has 0 atom stereocenters. The summed E-state index contributed by atoms with van der Waals surface area (Å²) in [5, 5.41) is 11.9. The normalized spacial score (nSPS) is 11.4. The van der Waals surface area contributed by atoms with Crippen LogP contribution in [0.2, 0.25) is 5.02 Å². The van der Waals surface area contributed by atoms with Crippen molar-refractivity contribution in [3.05, 3.63) is 16.5 Å². The zero-order valence-corrected chi connectivity index (χ0v) is 9.80. The van der Waals surface area contributed by atoms with Gasteiger partial charge in [-0.25, -0.2) is 4.52 Å². The van der Waals surface area contributed by atoms with E-state index >= 15 is 0 Å². The molecule has 0 saturated carbocycles. The minimum absolute atomic E-state index is 0.715. The average molecular weight is 227 g/mol. The SMILES string of the molecule is CCCCCc1[nH]n2c(C)nnc2c1Cl. The molecule has 0 bridgehead atoms. The third-order valence-corrected chi connectivity index (χ3v) is 2.96. The van der Waals surface area contributed by atoms with Crippen LogP contribution in [0.4, 0.5) is 0 Å². The van der Waals surface area contributed by atoms with Crippen molar-refractivity contribution >= 4 is 17.2 Å². The molecule has 0 aliphatic heterocycles. The summed E-state index contributed by atoms with van der Waals surface area (Å²) in [6.45, 7) is 4.10. The van der Waals surface area contributed by atoms with Gasteiger partial charge < -0.3 is 0 Å². The van der Waals surface area contributed by atoms with Crippen LogP contribution in [0.1, 0.15) is 37.7 Å². The molecule has 1 N–H and O–H groups in total. The second kappa shape index (κ2) is 4.23. The van der Waals surface area contributed by atoms with Gasteiger partial charge in [-0.1, -0.05) is 31.4 Å². The fraction of sp³-hybridized carbons (Fsp3) is 0.600. The van der Waals surface area contributed by atoms with Gasteiger partial charge in [0.25, 0.3) is 0 Å². The molecule has 0 amide bonds. The Morgan fingerprint density at radius 3 is 2.80 bits per heavy atom. The molecule has 0 aliphatic rings. The largest absolute Gasteiger partial charge is 0.294 e. The molecule has 2 rings (SSSR count). The number of hydrogen-bond donors (Lipinski definition) is 1. The van der Waals surface area contributed by atoms with Crippen LogP contribution < -0.4 is 0 Å². The minimum atomic E-state index is 0.715. The molecule has 0 aliphatic carbocycles. The molecule has 2 aromatic rings. The van der Waals surface area contributed by atoms with Crippen molar-refractivity contribution < 1.29 is 0 Å². The molecule has 4 nitrogen and oxygen atoms in total. The molecule has 0 spiro atoms. The number of rotatable bonds is 4. The Morgan fingerprint density at radius 2 is 2.13 bits per heavy atom. The van der Waals surface area contributed by atoms with Gasteiger partial charge >= 0.3 is 0 Å². The number of nitrogens with one attached hydrogen (secondary N) is 1. The molecule has 15 heavy (non-hydrogen) atoms. The minimum Gasteiger partial charge on any atom is -0.294 e. The van der Waals surface area contributed by atoms with Crippen LogP contribution in [0.5, 0.6) is 0 Å². The summed E-state index contributed by atoms with van der Waals surface area (Å²) < 4.78 is 1.84. The van der Waals surface area contributed by atoms with Crippen LogP contribution in [0.3, 0.4) is 0 Å². The van der Waals surface area contributed by atoms with Crippen LogP contribution in [-0.4, -0.2) is 19.8 Å². The van der Waals surface area contributed by atoms with E-state index in [1.165, 1.54) is 12.8 Å². The summed E-state index contributed by atoms with van der Waals surface area (Å²) in [5.41, 5.74) is 1.80. The van der Waals surface area contributed by atoms with Crippen LogP contribution in [-0.2, 0) is 6.42 Å². The lowest BCUT2D eigenvalue weighted by Crippen LogP contribution is -1.92. The summed E-state index contributed by atoms with van der Waals surface area (Å²) >= 11 is 6.19. The maximum Gasteiger partial charge on any atom is 0.196 e. The molecule has 0 fully saturated rings. The standard InChI is InChI=1S/C10H15ClN4/c1-3-4-5-6-8-9(11)10-13-12-7(2)15(10)14-8/h14H,3-6H2,1-2H3. The maximum atomic E-state index is 6.19. The van der Waals surface area contributed by atoms with Gasteiger partial charge in [-0.3, -0.25) is 5.10 Å². The maximum absolute atomic E-state index is 6.19. The molecule has 0 radical (unpaired) electrons. The van der Waals surface area contributed by atoms with E-state index in [2.05, 4.69) is 22.2 Å². The Hall–Kier alpha value is -1.03. The summed E-state index contributed by atoms with van der Waals surface area (Å²) in [6.07, 6.45) is 4.59. The number of hydrogen-bond acceptors (Lipinski definition) is 2. The predicted octanol–water partition coefficient (Wildman–Crippen LogP) is 2.75. The Balaban J connectivity index is 2.24. The van der Waals surface area contributed by atoms with Crippen LogP contribution in [0.25, 0.3) is 5.65 Å². The van der Waals surface area contributed by atoms with Gasteiger partial charge in [-0.15, -0.1) is 10.2 Å². The van der Waals surface area contributed by atoms with Crippen molar-refractivity contribution in [3.63, 3.8) is 0 Å². The zero-order chi connectivity index (χ0) is 10.8. The number of aryl methyl sites for hydroxylation is 2. The number of nitrogens with zero attached hydrogens (tertiary/aromatic N) is 3. The number of unbranched alkanes of at least 4 members (excludes halogenated alkanes) is 2. The quantitative estimate of drug-likeness (QED) is 0.815. The van der Waals surface area contributed by atoms with E-state index in [9.17, 15) is 0 Å². The third-order valence-electron chi connectivity index (χ3n) is 2.56. The van der Waals surface area contributed by atoms with E-state index in [-0.39, 0.29) is 0 Å². The first-order valence-corrected chi connectivity index (χ1v) is 5.70. The Kier molecular flexibility index (Phi) is 2.95. The van der Waals surface area contributed by atoms with Crippen molar-refractivity contribution in [3.8, 4) is 0 Å². The highest BCUT2D eigenvalue weighted by molar-refractivity contribution is 6.34. The van der Waals surface area contributed by atoms with Gasteiger partial charge in [0.15, 0.2) is 5.65 Å². The van der Waals surface area contributed by atoms with Crippen molar-refractivity contribution in [1.29, 1.82) is 0 Å². The first-order valence-electron chi connectivity index (χ1n) is 5.32. The smallest absolute Gasteiger partial charge is 0.196 e. The number of H-pyrrole nitrogens is 1. The van der Waals surface area contributed by atoms with Gasteiger partial charge in [-0.05, 0) is 19.8 Å². The number of fused-ring (bicyclic) bond motifs is 1. The second-order valence-corrected chi connectivity index (χ2v) is 4.15. The summed E-state index contributed by atoms with van der Waals surface area (Å²) in [5.74, 6) is 0.841. The van der Waals surface area contributed by atoms with Gasteiger partial charge in [0.2, 0.25) is 0 Å². The highest BCUT2D eigenvalue weighted by atomic mass is 35.5. The fourth-order valence-corrected chi connectivity index (χ4v) is 1.93. The average Bonchev–Trinajstić information content (AvgIpc) is 2.72. The fourth-order valence-electron chi connectivity index (χ4n) is 1.67. The lowest BCUT2D eigenvalue weighted by atomic mass is 10.1. The van der Waals surface area contributed by atoms with Gasteiger partial charge in [-0.2, -0.15) is 0 Å². The van der Waals surface area contributed by atoms with Gasteiger partial charge in [0, 0.05) is 0 Å². The van der Waals surface area contributed by atoms with E-state index < -0.39 is 0 Å². The highest BCUT2D eigenvalue weighted by Gasteiger charge is 2.12. The number of aromatic amines is 1. The first-order chi connectivity index (χ1) is 7.24. The Morgan fingerprint density at radius 1 is 1.33 bits per heavy atom. The van der Waals surface area contributed by atoms with Crippen molar-refractivity contribution in [2.75, 3.05) is 0 Å². The van der Waals surface area contributed by atoms with Crippen molar-refractivity contribution in [2.45, 2.75) is 39.5 Å². The van der Waals surface area contributed by atoms with Crippen LogP contribution in [0.15, 0.2) is 0 Å². The lowest BCUT2D eigenvalue weighted by molar-refractivity contribution is 0.699. The van der Waals surface area contributed by atoms with E-state index in [0.717, 1.165) is 30.0 Å². The topological polar surface area (TPSA) is 46.0 Å². The summed E-state index contributed by atoms with van der Waals surface area (Å²) in [7, 11) is 0. The molecule has 0 saturated heterocycles. The lowest BCUT2D eigenvalue weighted by Gasteiger charge is -1.96. The van der Waals surface area contributed by atoms with Crippen molar-refractivity contribution in [1.82, 2.24) is 19.8 Å². The molecule has 0 unspecified atom stereocenters. The van der Waals surface area contributed by atoms with E-state index in [1.807, 2.05) is 11.4 Å². The van der Waals surface area contributed by atoms with Crippen LogP contribution in [0, 0.1) is 6.92 Å². The Labute approximate surface area is 93.6 Å². The number of halogens is 1. The third kappa shape index (κ3) is 1.86. The zero-order valence-electron chi connectivity index (χ0n) is 9.05. The second-order valence-electron chi connectivity index (χ2n) is 3.77. The van der Waals surface area contributed by atoms with E-state index in [4.69, 9.17) is 11.6 Å². The predicted molar refractivity (Wildman–Crippen MR) is 60.3 cm³/mol. The van der Waals surface area contributed by atoms with Crippen LogP contribution >= 0.6 is 11.6 Å². The summed E-state index contributed by atoms with van der Waals surface area (Å²) in [4.78, 5) is 0. The highest BCUT2D eigenvalue weighted by Crippen LogP contribution is 2.22. The number of aromatic nitrogens is 4. The molecular formula is C10H15ClN4. The van der Waals surface area contributed by atoms with Gasteiger partial charge in [0.05, 0.1) is 5.69 Å². The molecule has 5 heteroatoms. The summed E-state index contributed by atoms with van der Waals surface area (Å²) in [6, 6.07) is 0. The molecule has 82 valence electrons. The van der Waals surface area contributed by atoms with Gasteiger partial charge in [0.1, 0.15) is 10.8 Å². The molecule has 2 aromatic heterocycles. The van der Waals surface area contributed by atoms with E-state index in [0.29, 0.717) is 5.02 Å². The molecular weight excluding hydrogens is 212 g/mol. The van der Waals surface area contributed by atoms with E-state index in [1.54, 1.807) is 0 Å². The first kappa shape index (κ1) is 10.5. The molecule has 2 heterocycles. The monoisotopic (exact) mass is 226 g/mol. The Bertz CT molecular complexity index is 457.